The highest BCUT2D eigenvalue weighted by Crippen LogP contribution is 2.23. The second kappa shape index (κ2) is 3.59. The van der Waals surface area contributed by atoms with Crippen molar-refractivity contribution in [3.05, 3.63) is 28.8 Å². The molecule has 0 heterocycles. The van der Waals surface area contributed by atoms with Gasteiger partial charge in [0, 0.05) is 12.1 Å². The monoisotopic (exact) mass is 165 g/mol. The van der Waals surface area contributed by atoms with Gasteiger partial charge in [-0.15, -0.1) is 0 Å². The number of hydrogen-bond donors (Lipinski definition) is 1. The molecular weight excluding hydrogens is 150 g/mol. The smallest absolute Gasteiger partial charge is 0.123 e. The highest BCUT2D eigenvalue weighted by atomic mass is 16.5. The van der Waals surface area contributed by atoms with Crippen LogP contribution >= 0.6 is 0 Å². The molecule has 2 N–H and O–H groups in total. The van der Waals surface area contributed by atoms with Gasteiger partial charge in [0.15, 0.2) is 0 Å². The first-order valence-corrected chi connectivity index (χ1v) is 4.03. The van der Waals surface area contributed by atoms with Gasteiger partial charge in [0.25, 0.3) is 0 Å². The van der Waals surface area contributed by atoms with E-state index in [0.717, 1.165) is 11.3 Å². The number of benzene rings is 1. The minimum absolute atomic E-state index is 0.538. The summed E-state index contributed by atoms with van der Waals surface area (Å²) in [4.78, 5) is 0. The molecule has 0 aliphatic rings. The summed E-state index contributed by atoms with van der Waals surface area (Å²) in [6, 6.07) is 4.01. The van der Waals surface area contributed by atoms with Crippen LogP contribution in [0.1, 0.15) is 16.7 Å². The number of aryl methyl sites for hydroxylation is 1. The number of nitrogens with two attached hydrogens (primary N) is 1. The van der Waals surface area contributed by atoms with Crippen LogP contribution in [0, 0.1) is 13.8 Å². The molecule has 0 aliphatic heterocycles. The van der Waals surface area contributed by atoms with E-state index >= 15 is 0 Å². The zero-order valence-corrected chi connectivity index (χ0v) is 7.85. The minimum atomic E-state index is 0.538. The Bertz CT molecular complexity index is 281. The van der Waals surface area contributed by atoms with Gasteiger partial charge in [0.05, 0.1) is 7.11 Å². The Morgan fingerprint density at radius 2 is 2.00 bits per heavy atom. The highest BCUT2D eigenvalue weighted by Gasteiger charge is 2.05. The van der Waals surface area contributed by atoms with E-state index in [-0.39, 0.29) is 0 Å². The minimum Gasteiger partial charge on any atom is -0.496 e. The Balaban J connectivity index is 3.25. The number of methoxy groups -OCH3 is 1. The quantitative estimate of drug-likeness (QED) is 0.724. The molecule has 0 aromatic heterocycles. The zero-order valence-electron chi connectivity index (χ0n) is 7.85. The first kappa shape index (κ1) is 9.07. The second-order valence-corrected chi connectivity index (χ2v) is 2.89. The number of ether oxygens (including phenoxy) is 1. The normalized spacial score (nSPS) is 10.0. The maximum absolute atomic E-state index is 5.62. The van der Waals surface area contributed by atoms with Crippen LogP contribution in [0.5, 0.6) is 5.75 Å². The average molecular weight is 165 g/mol. The van der Waals surface area contributed by atoms with Crippen molar-refractivity contribution in [2.45, 2.75) is 20.4 Å². The molecule has 0 atom stereocenters. The lowest BCUT2D eigenvalue weighted by Gasteiger charge is -2.11. The Morgan fingerprint density at radius 3 is 2.50 bits per heavy atom. The van der Waals surface area contributed by atoms with E-state index in [1.54, 1.807) is 7.11 Å². The lowest BCUT2D eigenvalue weighted by Crippen LogP contribution is -2.03. The molecule has 0 aliphatic carbocycles. The Hall–Kier alpha value is -1.02. The van der Waals surface area contributed by atoms with Crippen molar-refractivity contribution in [3.63, 3.8) is 0 Å². The fourth-order valence-corrected chi connectivity index (χ4v) is 1.29. The molecule has 0 saturated heterocycles. The van der Waals surface area contributed by atoms with E-state index in [4.69, 9.17) is 10.5 Å². The molecule has 0 unspecified atom stereocenters. The van der Waals surface area contributed by atoms with E-state index in [0.29, 0.717) is 6.54 Å². The van der Waals surface area contributed by atoms with Crippen molar-refractivity contribution in [2.24, 2.45) is 5.73 Å². The van der Waals surface area contributed by atoms with Crippen molar-refractivity contribution >= 4 is 0 Å². The van der Waals surface area contributed by atoms with E-state index < -0.39 is 0 Å². The largest absolute Gasteiger partial charge is 0.496 e. The van der Waals surface area contributed by atoms with E-state index in [2.05, 4.69) is 13.8 Å². The summed E-state index contributed by atoms with van der Waals surface area (Å²) in [5.41, 5.74) is 9.22. The highest BCUT2D eigenvalue weighted by molar-refractivity contribution is 5.43. The summed E-state index contributed by atoms with van der Waals surface area (Å²) in [5.74, 6) is 0.889. The van der Waals surface area contributed by atoms with Crippen LogP contribution in [0.25, 0.3) is 0 Å². The van der Waals surface area contributed by atoms with Gasteiger partial charge in [-0.25, -0.2) is 0 Å². The van der Waals surface area contributed by atoms with Crippen LogP contribution in [0.4, 0.5) is 0 Å². The van der Waals surface area contributed by atoms with E-state index in [9.17, 15) is 0 Å². The van der Waals surface area contributed by atoms with Gasteiger partial charge in [-0.05, 0) is 31.0 Å². The van der Waals surface area contributed by atoms with Crippen molar-refractivity contribution in [1.29, 1.82) is 0 Å². The van der Waals surface area contributed by atoms with Crippen LogP contribution in [-0.4, -0.2) is 7.11 Å². The van der Waals surface area contributed by atoms with Gasteiger partial charge in [-0.3, -0.25) is 0 Å². The van der Waals surface area contributed by atoms with Gasteiger partial charge in [0.2, 0.25) is 0 Å². The lowest BCUT2D eigenvalue weighted by molar-refractivity contribution is 0.409. The van der Waals surface area contributed by atoms with Gasteiger partial charge >= 0.3 is 0 Å². The molecule has 0 amide bonds. The topological polar surface area (TPSA) is 35.2 Å². The van der Waals surface area contributed by atoms with Crippen LogP contribution in [0.2, 0.25) is 0 Å². The van der Waals surface area contributed by atoms with Crippen molar-refractivity contribution in [2.75, 3.05) is 7.11 Å². The standard InChI is InChI=1S/C10H15NO/c1-7-4-5-10(12-3)9(6-11)8(7)2/h4-5H,6,11H2,1-3H3. The molecule has 0 spiro atoms. The summed E-state index contributed by atoms with van der Waals surface area (Å²) in [6.45, 7) is 4.69. The Labute approximate surface area is 73.3 Å². The summed E-state index contributed by atoms with van der Waals surface area (Å²) in [5, 5.41) is 0. The van der Waals surface area contributed by atoms with Gasteiger partial charge < -0.3 is 10.5 Å². The fourth-order valence-electron chi connectivity index (χ4n) is 1.29. The third-order valence-corrected chi connectivity index (χ3v) is 2.25. The Morgan fingerprint density at radius 1 is 1.33 bits per heavy atom. The predicted octanol–water partition coefficient (Wildman–Crippen LogP) is 1.77. The van der Waals surface area contributed by atoms with Gasteiger partial charge in [0.1, 0.15) is 5.75 Å². The molecule has 12 heavy (non-hydrogen) atoms. The molecule has 2 heteroatoms. The SMILES string of the molecule is COc1ccc(C)c(C)c1CN. The average Bonchev–Trinajstić information content (AvgIpc) is 2.09. The maximum Gasteiger partial charge on any atom is 0.123 e. The summed E-state index contributed by atoms with van der Waals surface area (Å²) < 4.78 is 5.19. The third kappa shape index (κ3) is 1.43. The molecule has 1 aromatic carbocycles. The molecular formula is C10H15NO. The third-order valence-electron chi connectivity index (χ3n) is 2.25. The Kier molecular flexibility index (Phi) is 2.71. The number of hydrogen-bond acceptors (Lipinski definition) is 2. The lowest BCUT2D eigenvalue weighted by atomic mass is 10.0. The molecule has 1 rings (SSSR count). The summed E-state index contributed by atoms with van der Waals surface area (Å²) >= 11 is 0. The van der Waals surface area contributed by atoms with Crippen molar-refractivity contribution in [3.8, 4) is 5.75 Å². The van der Waals surface area contributed by atoms with Crippen molar-refractivity contribution < 1.29 is 4.74 Å². The molecule has 0 bridgehead atoms. The molecule has 0 fully saturated rings. The zero-order chi connectivity index (χ0) is 9.14. The van der Waals surface area contributed by atoms with Gasteiger partial charge in [-0.1, -0.05) is 6.07 Å². The predicted molar refractivity (Wildman–Crippen MR) is 50.4 cm³/mol. The first-order valence-electron chi connectivity index (χ1n) is 4.03. The van der Waals surface area contributed by atoms with Crippen molar-refractivity contribution in [1.82, 2.24) is 0 Å². The number of rotatable bonds is 2. The van der Waals surface area contributed by atoms with Crippen LogP contribution in [0.3, 0.4) is 0 Å². The van der Waals surface area contributed by atoms with Crippen LogP contribution in [0.15, 0.2) is 12.1 Å². The molecule has 2 nitrogen and oxygen atoms in total. The van der Waals surface area contributed by atoms with E-state index in [1.165, 1.54) is 11.1 Å². The van der Waals surface area contributed by atoms with Gasteiger partial charge in [-0.2, -0.15) is 0 Å². The first-order chi connectivity index (χ1) is 5.70. The maximum atomic E-state index is 5.62. The second-order valence-electron chi connectivity index (χ2n) is 2.89. The van der Waals surface area contributed by atoms with E-state index in [1.807, 2.05) is 12.1 Å². The summed E-state index contributed by atoms with van der Waals surface area (Å²) in [7, 11) is 1.67. The van der Waals surface area contributed by atoms with Crippen LogP contribution in [-0.2, 0) is 6.54 Å². The molecule has 66 valence electrons. The molecule has 0 saturated carbocycles. The molecule has 0 radical (unpaired) electrons. The molecule has 1 aromatic rings. The summed E-state index contributed by atoms with van der Waals surface area (Å²) in [6.07, 6.45) is 0. The fraction of sp³-hybridized carbons (Fsp3) is 0.400. The van der Waals surface area contributed by atoms with Crippen LogP contribution < -0.4 is 10.5 Å².